The topological polar surface area (TPSA) is 20.2 Å². The Morgan fingerprint density at radius 2 is 2.31 bits per heavy atom. The van der Waals surface area contributed by atoms with Gasteiger partial charge in [0.15, 0.2) is 0 Å². The van der Waals surface area contributed by atoms with Crippen molar-refractivity contribution < 1.29 is 5.11 Å². The molecule has 0 spiro atoms. The molecule has 1 aromatic rings. The Bertz CT molecular complexity index is 307. The quantitative estimate of drug-likeness (QED) is 0.787. The van der Waals surface area contributed by atoms with Gasteiger partial charge in [0.05, 0.1) is 11.6 Å². The van der Waals surface area contributed by atoms with Crippen molar-refractivity contribution in [2.75, 3.05) is 6.61 Å². The lowest BCUT2D eigenvalue weighted by Crippen LogP contribution is -2.01. The fourth-order valence-electron chi connectivity index (χ4n) is 1.12. The molecular formula is C11H12ClO. The van der Waals surface area contributed by atoms with Gasteiger partial charge in [-0.3, -0.25) is 0 Å². The van der Waals surface area contributed by atoms with E-state index in [0.717, 1.165) is 17.0 Å². The second-order valence-corrected chi connectivity index (χ2v) is 3.23. The van der Waals surface area contributed by atoms with Gasteiger partial charge in [0.25, 0.3) is 0 Å². The van der Waals surface area contributed by atoms with Crippen LogP contribution >= 0.6 is 11.6 Å². The molecule has 0 aliphatic carbocycles. The van der Waals surface area contributed by atoms with Crippen LogP contribution in [-0.2, 0) is 0 Å². The first-order chi connectivity index (χ1) is 6.20. The van der Waals surface area contributed by atoms with Crippen LogP contribution in [-0.4, -0.2) is 11.7 Å². The van der Waals surface area contributed by atoms with Crippen LogP contribution in [0.25, 0.3) is 6.08 Å². The van der Waals surface area contributed by atoms with E-state index < -0.39 is 0 Å². The molecule has 1 rings (SSSR count). The van der Waals surface area contributed by atoms with Crippen LogP contribution < -0.4 is 0 Å². The first kappa shape index (κ1) is 10.3. The van der Waals surface area contributed by atoms with Gasteiger partial charge in [0.2, 0.25) is 0 Å². The average molecular weight is 196 g/mol. The second-order valence-electron chi connectivity index (χ2n) is 2.85. The maximum Gasteiger partial charge on any atom is 0.0535 e. The Labute approximate surface area is 83.7 Å². The smallest absolute Gasteiger partial charge is 0.0535 e. The zero-order valence-corrected chi connectivity index (χ0v) is 8.30. The summed E-state index contributed by atoms with van der Waals surface area (Å²) in [5.41, 5.74) is 1.79. The summed E-state index contributed by atoms with van der Waals surface area (Å²) in [7, 11) is 0. The van der Waals surface area contributed by atoms with Crippen LogP contribution in [0.5, 0.6) is 0 Å². The van der Waals surface area contributed by atoms with Crippen molar-refractivity contribution in [3.8, 4) is 0 Å². The number of benzene rings is 1. The fourth-order valence-corrected chi connectivity index (χ4v) is 1.49. The first-order valence-electron chi connectivity index (χ1n) is 4.05. The third-order valence-electron chi connectivity index (χ3n) is 1.95. The third-order valence-corrected chi connectivity index (χ3v) is 2.37. The van der Waals surface area contributed by atoms with Gasteiger partial charge in [-0.25, -0.2) is 0 Å². The van der Waals surface area contributed by atoms with Crippen LogP contribution in [0.3, 0.4) is 0 Å². The highest BCUT2D eigenvalue weighted by molar-refractivity contribution is 6.33. The van der Waals surface area contributed by atoms with Gasteiger partial charge in [0, 0.05) is 5.92 Å². The number of hydrogen-bond acceptors (Lipinski definition) is 1. The van der Waals surface area contributed by atoms with E-state index in [2.05, 4.69) is 6.58 Å². The van der Waals surface area contributed by atoms with Crippen molar-refractivity contribution in [2.45, 2.75) is 6.92 Å². The van der Waals surface area contributed by atoms with E-state index in [1.807, 2.05) is 25.1 Å². The number of aliphatic hydroxyl groups excluding tert-OH is 1. The van der Waals surface area contributed by atoms with Crippen LogP contribution in [0.4, 0.5) is 0 Å². The molecule has 0 atom stereocenters. The highest BCUT2D eigenvalue weighted by Crippen LogP contribution is 2.27. The molecule has 0 heterocycles. The minimum absolute atomic E-state index is 0.0281. The highest BCUT2D eigenvalue weighted by Gasteiger charge is 2.10. The summed E-state index contributed by atoms with van der Waals surface area (Å²) in [6.45, 7) is 5.55. The van der Waals surface area contributed by atoms with E-state index in [0.29, 0.717) is 5.02 Å². The minimum Gasteiger partial charge on any atom is -0.395 e. The van der Waals surface area contributed by atoms with Crippen molar-refractivity contribution in [1.29, 1.82) is 0 Å². The predicted octanol–water partition coefficient (Wildman–Crippen LogP) is 2.92. The van der Waals surface area contributed by atoms with Gasteiger partial charge in [-0.05, 0) is 11.1 Å². The molecule has 0 aromatic heterocycles. The highest BCUT2D eigenvalue weighted by atomic mass is 35.5. The van der Waals surface area contributed by atoms with Crippen molar-refractivity contribution >= 4 is 17.7 Å². The molecule has 0 saturated carbocycles. The maximum atomic E-state index is 8.95. The largest absolute Gasteiger partial charge is 0.395 e. The van der Waals surface area contributed by atoms with Crippen LogP contribution in [0.2, 0.25) is 5.02 Å². The van der Waals surface area contributed by atoms with Gasteiger partial charge in [-0.15, -0.1) is 0 Å². The van der Waals surface area contributed by atoms with Crippen molar-refractivity contribution in [3.05, 3.63) is 46.8 Å². The van der Waals surface area contributed by atoms with Crippen molar-refractivity contribution in [3.63, 3.8) is 0 Å². The molecule has 69 valence electrons. The van der Waals surface area contributed by atoms with Crippen LogP contribution in [0.1, 0.15) is 18.1 Å². The molecule has 0 saturated heterocycles. The van der Waals surface area contributed by atoms with E-state index in [1.54, 1.807) is 6.08 Å². The molecule has 0 fully saturated rings. The lowest BCUT2D eigenvalue weighted by Gasteiger charge is -2.11. The number of hydrogen-bond donors (Lipinski definition) is 1. The lowest BCUT2D eigenvalue weighted by atomic mass is 10.00. The summed E-state index contributed by atoms with van der Waals surface area (Å²) < 4.78 is 0. The van der Waals surface area contributed by atoms with E-state index in [-0.39, 0.29) is 6.61 Å². The maximum absolute atomic E-state index is 8.95. The normalized spacial score (nSPS) is 10.5. The number of rotatable bonds is 3. The Morgan fingerprint density at radius 1 is 1.62 bits per heavy atom. The summed E-state index contributed by atoms with van der Waals surface area (Å²) in [5.74, 6) is 0.869. The van der Waals surface area contributed by atoms with Crippen molar-refractivity contribution in [1.82, 2.24) is 0 Å². The van der Waals surface area contributed by atoms with E-state index in [1.165, 1.54) is 0 Å². The molecule has 0 aliphatic heterocycles. The molecule has 2 heteroatoms. The van der Waals surface area contributed by atoms with Gasteiger partial charge in [-0.2, -0.15) is 0 Å². The number of halogens is 1. The Kier molecular flexibility index (Phi) is 3.52. The molecule has 0 unspecified atom stereocenters. The zero-order chi connectivity index (χ0) is 9.84. The SMILES string of the molecule is C=Cc1cccc([C](C)CO)c1Cl. The number of aliphatic hydroxyl groups is 1. The van der Waals surface area contributed by atoms with Gasteiger partial charge in [-0.1, -0.05) is 49.4 Å². The molecule has 1 radical (unpaired) electrons. The molecule has 0 amide bonds. The van der Waals surface area contributed by atoms with Crippen molar-refractivity contribution in [2.24, 2.45) is 0 Å². The lowest BCUT2D eigenvalue weighted by molar-refractivity contribution is 0.315. The van der Waals surface area contributed by atoms with E-state index >= 15 is 0 Å². The molecule has 1 aromatic carbocycles. The fraction of sp³-hybridized carbons (Fsp3) is 0.182. The molecular weight excluding hydrogens is 184 g/mol. The van der Waals surface area contributed by atoms with Crippen LogP contribution in [0, 0.1) is 5.92 Å². The monoisotopic (exact) mass is 195 g/mol. The zero-order valence-electron chi connectivity index (χ0n) is 7.55. The predicted molar refractivity (Wildman–Crippen MR) is 56.6 cm³/mol. The molecule has 0 aliphatic rings. The third kappa shape index (κ3) is 2.11. The molecule has 13 heavy (non-hydrogen) atoms. The first-order valence-corrected chi connectivity index (χ1v) is 4.43. The van der Waals surface area contributed by atoms with Gasteiger partial charge in [0.1, 0.15) is 0 Å². The van der Waals surface area contributed by atoms with E-state index in [4.69, 9.17) is 16.7 Å². The standard InChI is InChI=1S/C11H12ClO/c1-3-9-5-4-6-10(11(9)12)8(2)7-13/h3-6,13H,1,7H2,2H3. The van der Waals surface area contributed by atoms with Gasteiger partial charge >= 0.3 is 0 Å². The van der Waals surface area contributed by atoms with Crippen LogP contribution in [0.15, 0.2) is 24.8 Å². The molecule has 1 N–H and O–H groups in total. The minimum atomic E-state index is 0.0281. The Morgan fingerprint density at radius 3 is 2.85 bits per heavy atom. The van der Waals surface area contributed by atoms with Gasteiger partial charge < -0.3 is 5.11 Å². The Hall–Kier alpha value is -0.790. The summed E-state index contributed by atoms with van der Waals surface area (Å²) in [5, 5.41) is 9.61. The Balaban J connectivity index is 3.15. The molecule has 1 nitrogen and oxygen atoms in total. The summed E-state index contributed by atoms with van der Waals surface area (Å²) in [6, 6.07) is 5.68. The average Bonchev–Trinajstić information content (AvgIpc) is 2.17. The molecule has 0 bridgehead atoms. The summed E-state index contributed by atoms with van der Waals surface area (Å²) in [6.07, 6.45) is 1.70. The second kappa shape index (κ2) is 4.45. The summed E-state index contributed by atoms with van der Waals surface area (Å²) >= 11 is 6.08. The summed E-state index contributed by atoms with van der Waals surface area (Å²) in [4.78, 5) is 0. The van der Waals surface area contributed by atoms with E-state index in [9.17, 15) is 0 Å².